The van der Waals surface area contributed by atoms with Crippen LogP contribution in [0.25, 0.3) is 0 Å². The number of esters is 1. The van der Waals surface area contributed by atoms with E-state index in [-0.39, 0.29) is 17.8 Å². The van der Waals surface area contributed by atoms with Gasteiger partial charge in [0.25, 0.3) is 5.91 Å². The molecular formula is C17H21NO5. The van der Waals surface area contributed by atoms with Crippen molar-refractivity contribution in [3.63, 3.8) is 0 Å². The number of rotatable bonds is 4. The molecule has 124 valence electrons. The molecular weight excluding hydrogens is 298 g/mol. The molecule has 1 aliphatic heterocycles. The minimum atomic E-state index is -0.719. The van der Waals surface area contributed by atoms with Crippen LogP contribution in [0.4, 0.5) is 5.69 Å². The second-order valence-electron chi connectivity index (χ2n) is 6.12. The molecule has 0 fully saturated rings. The highest BCUT2D eigenvalue weighted by atomic mass is 16.6. The third kappa shape index (κ3) is 4.74. The lowest BCUT2D eigenvalue weighted by Gasteiger charge is -2.23. The summed E-state index contributed by atoms with van der Waals surface area (Å²) in [4.78, 5) is 23.7. The first-order valence-corrected chi connectivity index (χ1v) is 7.39. The van der Waals surface area contributed by atoms with Crippen LogP contribution in [0.15, 0.2) is 36.3 Å². The maximum Gasteiger partial charge on any atom is 0.377 e. The predicted octanol–water partition coefficient (Wildman–Crippen LogP) is 2.35. The van der Waals surface area contributed by atoms with Gasteiger partial charge in [-0.2, -0.15) is 0 Å². The lowest BCUT2D eigenvalue weighted by Crippen LogP contribution is -2.25. The molecule has 0 bridgehead atoms. The SMILES string of the molecule is CC(C)(C)c1ccccc1NC(=O)COC(=O)C1=COCCO1. The van der Waals surface area contributed by atoms with Gasteiger partial charge in [-0.3, -0.25) is 4.79 Å². The van der Waals surface area contributed by atoms with E-state index in [4.69, 9.17) is 14.2 Å². The number of hydrogen-bond donors (Lipinski definition) is 1. The maximum absolute atomic E-state index is 12.0. The van der Waals surface area contributed by atoms with Crippen LogP contribution >= 0.6 is 0 Å². The van der Waals surface area contributed by atoms with Crippen LogP contribution in [0.2, 0.25) is 0 Å². The van der Waals surface area contributed by atoms with Crippen LogP contribution in [-0.4, -0.2) is 31.7 Å². The van der Waals surface area contributed by atoms with E-state index in [0.29, 0.717) is 12.3 Å². The Balaban J connectivity index is 1.93. The fourth-order valence-electron chi connectivity index (χ4n) is 2.11. The van der Waals surface area contributed by atoms with E-state index in [1.165, 1.54) is 6.26 Å². The minimum absolute atomic E-state index is 0.0286. The molecule has 0 saturated heterocycles. The topological polar surface area (TPSA) is 73.9 Å². The van der Waals surface area contributed by atoms with E-state index in [1.807, 2.05) is 24.3 Å². The van der Waals surface area contributed by atoms with Crippen LogP contribution in [0.1, 0.15) is 26.3 Å². The Hall–Kier alpha value is -2.50. The number of hydrogen-bond acceptors (Lipinski definition) is 5. The van der Waals surface area contributed by atoms with E-state index in [9.17, 15) is 9.59 Å². The second-order valence-corrected chi connectivity index (χ2v) is 6.12. The highest BCUT2D eigenvalue weighted by Crippen LogP contribution is 2.29. The molecule has 0 saturated carbocycles. The third-order valence-electron chi connectivity index (χ3n) is 3.19. The Bertz CT molecular complexity index is 616. The molecule has 1 aromatic carbocycles. The predicted molar refractivity (Wildman–Crippen MR) is 84.7 cm³/mol. The lowest BCUT2D eigenvalue weighted by molar-refractivity contribution is -0.148. The smallest absolute Gasteiger partial charge is 0.377 e. The quantitative estimate of drug-likeness (QED) is 0.862. The highest BCUT2D eigenvalue weighted by Gasteiger charge is 2.20. The zero-order valence-corrected chi connectivity index (χ0v) is 13.5. The minimum Gasteiger partial charge on any atom is -0.493 e. The molecule has 6 heteroatoms. The zero-order valence-electron chi connectivity index (χ0n) is 13.5. The monoisotopic (exact) mass is 319 g/mol. The molecule has 0 radical (unpaired) electrons. The number of amides is 1. The average Bonchev–Trinajstić information content (AvgIpc) is 2.53. The van der Waals surface area contributed by atoms with E-state index in [1.54, 1.807) is 0 Å². The molecule has 6 nitrogen and oxygen atoms in total. The molecule has 0 aliphatic carbocycles. The third-order valence-corrected chi connectivity index (χ3v) is 3.19. The molecule has 0 spiro atoms. The van der Waals surface area contributed by atoms with Gasteiger partial charge in [0.1, 0.15) is 19.5 Å². The number of para-hydroxylation sites is 1. The van der Waals surface area contributed by atoms with Crippen molar-refractivity contribution in [3.05, 3.63) is 41.9 Å². The summed E-state index contributed by atoms with van der Waals surface area (Å²) in [6.45, 7) is 6.46. The van der Waals surface area contributed by atoms with E-state index in [2.05, 4.69) is 26.1 Å². The highest BCUT2D eigenvalue weighted by molar-refractivity contribution is 5.95. The number of nitrogens with one attached hydrogen (secondary N) is 1. The fourth-order valence-corrected chi connectivity index (χ4v) is 2.11. The van der Waals surface area contributed by atoms with Crippen LogP contribution in [0, 0.1) is 0 Å². The van der Waals surface area contributed by atoms with Crippen molar-refractivity contribution < 1.29 is 23.8 Å². The molecule has 1 amide bonds. The molecule has 1 N–H and O–H groups in total. The van der Waals surface area contributed by atoms with Crippen molar-refractivity contribution in [1.82, 2.24) is 0 Å². The summed E-state index contributed by atoms with van der Waals surface area (Å²) in [5.74, 6) is -1.16. The summed E-state index contributed by atoms with van der Waals surface area (Å²) in [7, 11) is 0. The van der Waals surface area contributed by atoms with Gasteiger partial charge in [-0.05, 0) is 17.0 Å². The molecule has 23 heavy (non-hydrogen) atoms. The van der Waals surface area contributed by atoms with Gasteiger partial charge in [-0.15, -0.1) is 0 Å². The summed E-state index contributed by atoms with van der Waals surface area (Å²) >= 11 is 0. The molecule has 0 atom stereocenters. The molecule has 0 unspecified atom stereocenters. The largest absolute Gasteiger partial charge is 0.493 e. The average molecular weight is 319 g/mol. The standard InChI is InChI=1S/C17H21NO5/c1-17(2,3)12-6-4-5-7-13(12)18-15(19)11-23-16(20)14-10-21-8-9-22-14/h4-7,10H,8-9,11H2,1-3H3,(H,18,19). The molecule has 1 aliphatic rings. The van der Waals surface area contributed by atoms with Crippen LogP contribution in [-0.2, 0) is 29.2 Å². The van der Waals surface area contributed by atoms with Crippen molar-refractivity contribution in [1.29, 1.82) is 0 Å². The fraction of sp³-hybridized carbons (Fsp3) is 0.412. The lowest BCUT2D eigenvalue weighted by atomic mass is 9.86. The Labute approximate surface area is 135 Å². The van der Waals surface area contributed by atoms with E-state index in [0.717, 1.165) is 5.56 Å². The number of anilines is 1. The van der Waals surface area contributed by atoms with Crippen LogP contribution in [0.5, 0.6) is 0 Å². The second kappa shape index (κ2) is 7.17. The number of carbonyl (C=O) groups is 2. The number of carbonyl (C=O) groups excluding carboxylic acids is 2. The van der Waals surface area contributed by atoms with Crippen molar-refractivity contribution in [3.8, 4) is 0 Å². The van der Waals surface area contributed by atoms with Gasteiger partial charge in [0.05, 0.1) is 0 Å². The molecule has 0 aromatic heterocycles. The van der Waals surface area contributed by atoms with Gasteiger partial charge >= 0.3 is 5.97 Å². The van der Waals surface area contributed by atoms with Gasteiger partial charge in [-0.1, -0.05) is 39.0 Å². The summed E-state index contributed by atoms with van der Waals surface area (Å²) < 4.78 is 15.0. The van der Waals surface area contributed by atoms with Crippen molar-refractivity contribution in [2.24, 2.45) is 0 Å². The Morgan fingerprint density at radius 2 is 1.96 bits per heavy atom. The summed E-state index contributed by atoms with van der Waals surface area (Å²) in [5, 5.41) is 2.77. The van der Waals surface area contributed by atoms with Crippen molar-refractivity contribution in [2.45, 2.75) is 26.2 Å². The molecule has 1 aromatic rings. The van der Waals surface area contributed by atoms with Crippen LogP contribution < -0.4 is 5.32 Å². The zero-order chi connectivity index (χ0) is 16.9. The number of benzene rings is 1. The number of ether oxygens (including phenoxy) is 3. The molecule has 2 rings (SSSR count). The first-order valence-electron chi connectivity index (χ1n) is 7.39. The van der Waals surface area contributed by atoms with Gasteiger partial charge in [-0.25, -0.2) is 4.79 Å². The van der Waals surface area contributed by atoms with E-state index < -0.39 is 18.5 Å². The summed E-state index contributed by atoms with van der Waals surface area (Å²) in [5.41, 5.74) is 1.60. The first-order chi connectivity index (χ1) is 10.9. The van der Waals surface area contributed by atoms with Gasteiger partial charge < -0.3 is 19.5 Å². The summed E-state index contributed by atoms with van der Waals surface area (Å²) in [6, 6.07) is 7.54. The maximum atomic E-state index is 12.0. The Kier molecular flexibility index (Phi) is 5.26. The van der Waals surface area contributed by atoms with Gasteiger partial charge in [0, 0.05) is 5.69 Å². The van der Waals surface area contributed by atoms with Crippen molar-refractivity contribution in [2.75, 3.05) is 25.1 Å². The van der Waals surface area contributed by atoms with Gasteiger partial charge in [0.15, 0.2) is 6.61 Å². The molecule has 1 heterocycles. The van der Waals surface area contributed by atoms with Gasteiger partial charge in [0.2, 0.25) is 5.76 Å². The Morgan fingerprint density at radius 3 is 2.61 bits per heavy atom. The van der Waals surface area contributed by atoms with E-state index >= 15 is 0 Å². The normalized spacial score (nSPS) is 14.1. The van der Waals surface area contributed by atoms with Crippen LogP contribution in [0.3, 0.4) is 0 Å². The first kappa shape index (κ1) is 16.9. The Morgan fingerprint density at radius 1 is 1.22 bits per heavy atom. The summed E-state index contributed by atoms with van der Waals surface area (Å²) in [6.07, 6.45) is 1.19. The van der Waals surface area contributed by atoms with Crippen molar-refractivity contribution >= 4 is 17.6 Å².